The molecule has 0 N–H and O–H groups in total. The minimum Gasteiger partial charge on any atom is -0.444 e. The molecule has 5 heteroatoms. The van der Waals surface area contributed by atoms with E-state index in [4.69, 9.17) is 4.74 Å². The van der Waals surface area contributed by atoms with Crippen molar-refractivity contribution in [2.45, 2.75) is 46.1 Å². The zero-order chi connectivity index (χ0) is 16.3. The fourth-order valence-electron chi connectivity index (χ4n) is 2.17. The van der Waals surface area contributed by atoms with Gasteiger partial charge in [-0.2, -0.15) is 0 Å². The Morgan fingerprint density at radius 1 is 1.19 bits per heavy atom. The monoisotopic (exact) mass is 296 g/mol. The van der Waals surface area contributed by atoms with Gasteiger partial charge in [0.15, 0.2) is 5.78 Å². The normalized spacial score (nSPS) is 18.7. The third kappa shape index (κ3) is 5.40. The molecule has 0 spiro atoms. The lowest BCUT2D eigenvalue weighted by Crippen LogP contribution is -2.46. The molecule has 1 rings (SSSR count). The maximum absolute atomic E-state index is 12.3. The number of ketones is 1. The number of piperidine rings is 1. The Bertz CT molecular complexity index is 414. The van der Waals surface area contributed by atoms with Gasteiger partial charge in [-0.3, -0.25) is 4.79 Å². The molecule has 1 heterocycles. The van der Waals surface area contributed by atoms with Crippen LogP contribution in [0.2, 0.25) is 0 Å². The zero-order valence-corrected chi connectivity index (χ0v) is 14.1. The van der Waals surface area contributed by atoms with E-state index in [0.29, 0.717) is 25.9 Å². The fraction of sp³-hybridized carbons (Fsp3) is 0.750. The summed E-state index contributed by atoms with van der Waals surface area (Å²) in [6.07, 6.45) is 4.45. The van der Waals surface area contributed by atoms with Crippen LogP contribution in [0.25, 0.3) is 0 Å². The number of ether oxygens (including phenoxy) is 1. The first-order valence-corrected chi connectivity index (χ1v) is 7.40. The van der Waals surface area contributed by atoms with E-state index in [1.807, 2.05) is 46.7 Å². The standard InChI is InChI=1S/C16H28N2O3/c1-15(2,3)21-14(20)18-11-8-16(4,9-12-18)13(19)7-10-17(5)6/h7,10H,8-9,11-12H2,1-6H3/b10-7+. The van der Waals surface area contributed by atoms with E-state index in [-0.39, 0.29) is 17.3 Å². The molecule has 0 aromatic rings. The van der Waals surface area contributed by atoms with Crippen LogP contribution in [0.5, 0.6) is 0 Å². The van der Waals surface area contributed by atoms with Crippen LogP contribution in [0.15, 0.2) is 12.3 Å². The average Bonchev–Trinajstić information content (AvgIpc) is 2.34. The summed E-state index contributed by atoms with van der Waals surface area (Å²) >= 11 is 0. The molecule has 1 fully saturated rings. The number of allylic oxidation sites excluding steroid dienone is 1. The first-order chi connectivity index (χ1) is 9.53. The number of hydrogen-bond acceptors (Lipinski definition) is 4. The minimum atomic E-state index is -0.484. The van der Waals surface area contributed by atoms with Gasteiger partial charge < -0.3 is 14.5 Å². The van der Waals surface area contributed by atoms with Crippen LogP contribution in [-0.2, 0) is 9.53 Å². The highest BCUT2D eigenvalue weighted by atomic mass is 16.6. The van der Waals surface area contributed by atoms with Crippen molar-refractivity contribution in [1.82, 2.24) is 9.80 Å². The largest absolute Gasteiger partial charge is 0.444 e. The van der Waals surface area contributed by atoms with Gasteiger partial charge in [0.1, 0.15) is 5.60 Å². The van der Waals surface area contributed by atoms with Crippen LogP contribution in [-0.4, -0.2) is 54.5 Å². The van der Waals surface area contributed by atoms with Gasteiger partial charge in [-0.1, -0.05) is 6.92 Å². The van der Waals surface area contributed by atoms with Gasteiger partial charge in [-0.25, -0.2) is 4.79 Å². The highest BCUT2D eigenvalue weighted by molar-refractivity contribution is 5.94. The third-order valence-electron chi connectivity index (χ3n) is 3.64. The van der Waals surface area contributed by atoms with Crippen molar-refractivity contribution in [2.24, 2.45) is 5.41 Å². The molecule has 120 valence electrons. The quantitative estimate of drug-likeness (QED) is 0.751. The second-order valence-corrected chi connectivity index (χ2v) is 7.17. The Hall–Kier alpha value is -1.52. The highest BCUT2D eigenvalue weighted by Crippen LogP contribution is 2.32. The van der Waals surface area contributed by atoms with Crippen LogP contribution in [0, 0.1) is 5.41 Å². The van der Waals surface area contributed by atoms with Crippen molar-refractivity contribution in [3.63, 3.8) is 0 Å². The van der Waals surface area contributed by atoms with Crippen LogP contribution < -0.4 is 0 Å². The van der Waals surface area contributed by atoms with E-state index in [1.165, 1.54) is 0 Å². The number of amides is 1. The molecular weight excluding hydrogens is 268 g/mol. The molecule has 0 aromatic heterocycles. The van der Waals surface area contributed by atoms with Crippen molar-refractivity contribution >= 4 is 11.9 Å². The second-order valence-electron chi connectivity index (χ2n) is 7.17. The molecule has 0 bridgehead atoms. The van der Waals surface area contributed by atoms with Gasteiger partial charge >= 0.3 is 6.09 Å². The Balaban J connectivity index is 2.58. The summed E-state index contributed by atoms with van der Waals surface area (Å²) in [7, 11) is 3.77. The Morgan fingerprint density at radius 2 is 1.71 bits per heavy atom. The number of rotatable bonds is 3. The second kappa shape index (κ2) is 6.50. The van der Waals surface area contributed by atoms with Crippen molar-refractivity contribution in [3.05, 3.63) is 12.3 Å². The average molecular weight is 296 g/mol. The first-order valence-electron chi connectivity index (χ1n) is 7.40. The van der Waals surface area contributed by atoms with Gasteiger partial charge in [0, 0.05) is 38.8 Å². The predicted molar refractivity (Wildman–Crippen MR) is 83.0 cm³/mol. The van der Waals surface area contributed by atoms with E-state index in [1.54, 1.807) is 17.2 Å². The van der Waals surface area contributed by atoms with Crippen molar-refractivity contribution in [1.29, 1.82) is 0 Å². The van der Waals surface area contributed by atoms with Crippen molar-refractivity contribution in [2.75, 3.05) is 27.2 Å². The number of carbonyl (C=O) groups excluding carboxylic acids is 2. The highest BCUT2D eigenvalue weighted by Gasteiger charge is 2.37. The molecule has 0 unspecified atom stereocenters. The van der Waals surface area contributed by atoms with Gasteiger partial charge in [-0.15, -0.1) is 0 Å². The third-order valence-corrected chi connectivity index (χ3v) is 3.64. The number of nitrogens with zero attached hydrogens (tertiary/aromatic N) is 2. The van der Waals surface area contributed by atoms with Crippen molar-refractivity contribution < 1.29 is 14.3 Å². The van der Waals surface area contributed by atoms with Crippen LogP contribution in [0.3, 0.4) is 0 Å². The molecule has 0 radical (unpaired) electrons. The summed E-state index contributed by atoms with van der Waals surface area (Å²) in [5, 5.41) is 0. The Kier molecular flexibility index (Phi) is 5.42. The molecule has 21 heavy (non-hydrogen) atoms. The lowest BCUT2D eigenvalue weighted by Gasteiger charge is -2.38. The summed E-state index contributed by atoms with van der Waals surface area (Å²) in [5.41, 5.74) is -0.868. The van der Waals surface area contributed by atoms with Gasteiger partial charge in [0.05, 0.1) is 0 Å². The summed E-state index contributed by atoms with van der Waals surface area (Å²) < 4.78 is 5.37. The van der Waals surface area contributed by atoms with E-state index in [0.717, 1.165) is 0 Å². The van der Waals surface area contributed by atoms with Crippen LogP contribution in [0.1, 0.15) is 40.5 Å². The van der Waals surface area contributed by atoms with Gasteiger partial charge in [0.2, 0.25) is 0 Å². The van der Waals surface area contributed by atoms with Crippen LogP contribution >= 0.6 is 0 Å². The molecule has 1 amide bonds. The number of likely N-dealkylation sites (tertiary alicyclic amines) is 1. The van der Waals surface area contributed by atoms with E-state index < -0.39 is 5.60 Å². The van der Waals surface area contributed by atoms with Crippen molar-refractivity contribution in [3.8, 4) is 0 Å². The molecule has 0 saturated carbocycles. The molecule has 0 atom stereocenters. The van der Waals surface area contributed by atoms with E-state index in [2.05, 4.69) is 0 Å². The lowest BCUT2D eigenvalue weighted by molar-refractivity contribution is -0.125. The molecule has 1 aliphatic rings. The topological polar surface area (TPSA) is 49.9 Å². The molecular formula is C16H28N2O3. The smallest absolute Gasteiger partial charge is 0.410 e. The van der Waals surface area contributed by atoms with Gasteiger partial charge in [0.25, 0.3) is 0 Å². The molecule has 0 aliphatic carbocycles. The predicted octanol–water partition coefficient (Wildman–Crippen LogP) is 2.67. The summed E-state index contributed by atoms with van der Waals surface area (Å²) in [6, 6.07) is 0. The molecule has 1 saturated heterocycles. The summed E-state index contributed by atoms with van der Waals surface area (Å²) in [4.78, 5) is 27.8. The molecule has 0 aromatic carbocycles. The fourth-order valence-corrected chi connectivity index (χ4v) is 2.17. The maximum atomic E-state index is 12.3. The summed E-state index contributed by atoms with van der Waals surface area (Å²) in [6.45, 7) is 8.67. The zero-order valence-electron chi connectivity index (χ0n) is 14.1. The van der Waals surface area contributed by atoms with E-state index in [9.17, 15) is 9.59 Å². The number of hydrogen-bond donors (Lipinski definition) is 0. The molecule has 1 aliphatic heterocycles. The maximum Gasteiger partial charge on any atom is 0.410 e. The number of carbonyl (C=O) groups is 2. The van der Waals surface area contributed by atoms with Crippen LogP contribution in [0.4, 0.5) is 4.79 Å². The Morgan fingerprint density at radius 3 is 2.14 bits per heavy atom. The summed E-state index contributed by atoms with van der Waals surface area (Å²) in [5.74, 6) is 0.125. The first kappa shape index (κ1) is 17.5. The lowest BCUT2D eigenvalue weighted by atomic mass is 9.76. The molecule has 5 nitrogen and oxygen atoms in total. The Labute approximate surface area is 127 Å². The SMILES string of the molecule is CN(C)/C=C/C(=O)C1(C)CCN(C(=O)OC(C)(C)C)CC1. The van der Waals surface area contributed by atoms with Gasteiger partial charge in [-0.05, 0) is 39.7 Å². The van der Waals surface area contributed by atoms with E-state index >= 15 is 0 Å². The minimum absolute atomic E-state index is 0.125.